The quantitative estimate of drug-likeness (QED) is 0.240. The molecule has 0 atom stereocenters. The Hall–Kier alpha value is -3.49. The Labute approximate surface area is 203 Å². The fourth-order valence-corrected chi connectivity index (χ4v) is 3.26. The SMILES string of the molecule is CCCCCCOc1ccccc1Nc1nc(Nc2ccc(OCCC)cc2)ncc1C(F)(F)F. The maximum absolute atomic E-state index is 13.7. The standard InChI is InChI=1S/C26H31F3N4O2/c1-3-5-6-9-17-35-23-11-8-7-10-22(23)32-24-21(26(27,28)29)18-30-25(33-24)31-19-12-14-20(15-13-19)34-16-4-2/h7-8,10-15,18H,3-6,9,16-17H2,1-2H3,(H2,30,31,32,33). The zero-order valence-electron chi connectivity index (χ0n) is 20.0. The van der Waals surface area contributed by atoms with Crippen LogP contribution in [0.25, 0.3) is 0 Å². The highest BCUT2D eigenvalue weighted by molar-refractivity contribution is 5.67. The van der Waals surface area contributed by atoms with Gasteiger partial charge in [-0.2, -0.15) is 18.2 Å². The van der Waals surface area contributed by atoms with E-state index in [1.165, 1.54) is 0 Å². The number of rotatable bonds is 13. The van der Waals surface area contributed by atoms with Gasteiger partial charge in [-0.1, -0.05) is 45.2 Å². The van der Waals surface area contributed by atoms with Crippen molar-refractivity contribution in [1.82, 2.24) is 9.97 Å². The summed E-state index contributed by atoms with van der Waals surface area (Å²) in [6, 6.07) is 13.9. The van der Waals surface area contributed by atoms with Crippen molar-refractivity contribution in [2.75, 3.05) is 23.8 Å². The monoisotopic (exact) mass is 488 g/mol. The van der Waals surface area contributed by atoms with E-state index in [9.17, 15) is 13.2 Å². The number of benzene rings is 2. The number of halogens is 3. The number of hydrogen-bond donors (Lipinski definition) is 2. The van der Waals surface area contributed by atoms with E-state index in [-0.39, 0.29) is 11.8 Å². The van der Waals surface area contributed by atoms with Crippen molar-refractivity contribution in [1.29, 1.82) is 0 Å². The van der Waals surface area contributed by atoms with Gasteiger partial charge < -0.3 is 20.1 Å². The number of hydrogen-bond acceptors (Lipinski definition) is 6. The number of para-hydroxylation sites is 2. The summed E-state index contributed by atoms with van der Waals surface area (Å²) >= 11 is 0. The van der Waals surface area contributed by atoms with E-state index >= 15 is 0 Å². The van der Waals surface area contributed by atoms with Crippen LogP contribution in [0.2, 0.25) is 0 Å². The summed E-state index contributed by atoms with van der Waals surface area (Å²) in [5.74, 6) is 0.841. The van der Waals surface area contributed by atoms with Crippen LogP contribution >= 0.6 is 0 Å². The Morgan fingerprint density at radius 3 is 2.31 bits per heavy atom. The second-order valence-corrected chi connectivity index (χ2v) is 7.98. The molecule has 1 heterocycles. The van der Waals surface area contributed by atoms with Crippen molar-refractivity contribution in [2.45, 2.75) is 52.1 Å². The van der Waals surface area contributed by atoms with Crippen molar-refractivity contribution >= 4 is 23.1 Å². The topological polar surface area (TPSA) is 68.3 Å². The first kappa shape index (κ1) is 26.1. The van der Waals surface area contributed by atoms with Gasteiger partial charge in [-0.3, -0.25) is 0 Å². The van der Waals surface area contributed by atoms with Gasteiger partial charge in [0.2, 0.25) is 5.95 Å². The number of ether oxygens (including phenoxy) is 2. The van der Waals surface area contributed by atoms with Gasteiger partial charge in [-0.25, -0.2) is 4.98 Å². The van der Waals surface area contributed by atoms with Gasteiger partial charge in [0.25, 0.3) is 0 Å². The molecular formula is C26H31F3N4O2. The van der Waals surface area contributed by atoms with Crippen molar-refractivity contribution < 1.29 is 22.6 Å². The molecule has 0 aliphatic heterocycles. The summed E-state index contributed by atoms with van der Waals surface area (Å²) in [6.45, 7) is 5.23. The fraction of sp³-hybridized carbons (Fsp3) is 0.385. The van der Waals surface area contributed by atoms with Crippen LogP contribution in [0.5, 0.6) is 11.5 Å². The zero-order chi connectivity index (χ0) is 25.1. The molecule has 2 N–H and O–H groups in total. The van der Waals surface area contributed by atoms with E-state index in [0.29, 0.717) is 36.1 Å². The summed E-state index contributed by atoms with van der Waals surface area (Å²) in [6.07, 6.45) is 1.17. The molecule has 0 amide bonds. The van der Waals surface area contributed by atoms with Gasteiger partial charge in [0.15, 0.2) is 0 Å². The van der Waals surface area contributed by atoms with E-state index in [4.69, 9.17) is 9.47 Å². The first-order valence-corrected chi connectivity index (χ1v) is 11.8. The molecule has 6 nitrogen and oxygen atoms in total. The van der Waals surface area contributed by atoms with Crippen LogP contribution in [0, 0.1) is 0 Å². The lowest BCUT2D eigenvalue weighted by Gasteiger charge is -2.17. The van der Waals surface area contributed by atoms with Crippen molar-refractivity contribution in [3.05, 3.63) is 60.3 Å². The average Bonchev–Trinajstić information content (AvgIpc) is 2.84. The maximum atomic E-state index is 13.7. The van der Waals surface area contributed by atoms with Crippen molar-refractivity contribution in [2.24, 2.45) is 0 Å². The van der Waals surface area contributed by atoms with Crippen LogP contribution in [0.1, 0.15) is 51.5 Å². The minimum atomic E-state index is -4.63. The van der Waals surface area contributed by atoms with Crippen LogP contribution in [-0.4, -0.2) is 23.2 Å². The van der Waals surface area contributed by atoms with E-state index in [1.54, 1.807) is 48.5 Å². The van der Waals surface area contributed by atoms with Crippen LogP contribution in [0.4, 0.5) is 36.3 Å². The van der Waals surface area contributed by atoms with Gasteiger partial charge in [-0.15, -0.1) is 0 Å². The number of alkyl halides is 3. The van der Waals surface area contributed by atoms with Gasteiger partial charge in [0.1, 0.15) is 22.9 Å². The second-order valence-electron chi connectivity index (χ2n) is 7.98. The largest absolute Gasteiger partial charge is 0.494 e. The number of nitrogens with one attached hydrogen (secondary N) is 2. The first-order valence-electron chi connectivity index (χ1n) is 11.8. The molecule has 0 radical (unpaired) electrons. The Kier molecular flexibility index (Phi) is 9.57. The molecule has 2 aromatic carbocycles. The molecule has 1 aromatic heterocycles. The molecule has 0 spiro atoms. The van der Waals surface area contributed by atoms with E-state index in [1.807, 2.05) is 6.92 Å². The second kappa shape index (κ2) is 12.8. The van der Waals surface area contributed by atoms with E-state index in [2.05, 4.69) is 27.5 Å². The third-order valence-corrected chi connectivity index (χ3v) is 5.07. The highest BCUT2D eigenvalue weighted by Crippen LogP contribution is 2.37. The molecule has 9 heteroatoms. The lowest BCUT2D eigenvalue weighted by atomic mass is 10.2. The Morgan fingerprint density at radius 1 is 0.829 bits per heavy atom. The van der Waals surface area contributed by atoms with Gasteiger partial charge >= 0.3 is 6.18 Å². The molecule has 3 aromatic rings. The number of unbranched alkanes of at least 4 members (excludes halogenated alkanes) is 3. The highest BCUT2D eigenvalue weighted by atomic mass is 19.4. The predicted octanol–water partition coefficient (Wildman–Crippen LogP) is 7.73. The number of nitrogens with zero attached hydrogens (tertiary/aromatic N) is 2. The zero-order valence-corrected chi connectivity index (χ0v) is 20.0. The molecule has 0 aliphatic rings. The van der Waals surface area contributed by atoms with Crippen molar-refractivity contribution in [3.8, 4) is 11.5 Å². The predicted molar refractivity (Wildman–Crippen MR) is 132 cm³/mol. The summed E-state index contributed by atoms with van der Waals surface area (Å²) in [5.41, 5.74) is 0.0510. The fourth-order valence-electron chi connectivity index (χ4n) is 3.26. The molecule has 0 unspecified atom stereocenters. The van der Waals surface area contributed by atoms with Crippen molar-refractivity contribution in [3.63, 3.8) is 0 Å². The molecule has 0 saturated heterocycles. The number of anilines is 4. The molecule has 0 aliphatic carbocycles. The molecule has 0 bridgehead atoms. The van der Waals surface area contributed by atoms with Crippen LogP contribution < -0.4 is 20.1 Å². The van der Waals surface area contributed by atoms with Crippen LogP contribution in [0.15, 0.2) is 54.7 Å². The number of aromatic nitrogens is 2. The van der Waals surface area contributed by atoms with Crippen LogP contribution in [-0.2, 0) is 6.18 Å². The lowest BCUT2D eigenvalue weighted by molar-refractivity contribution is -0.137. The normalized spacial score (nSPS) is 11.2. The van der Waals surface area contributed by atoms with Gasteiger partial charge in [0.05, 0.1) is 18.9 Å². The molecule has 3 rings (SSSR count). The third kappa shape index (κ3) is 8.05. The average molecular weight is 489 g/mol. The van der Waals surface area contributed by atoms with Gasteiger partial charge in [0, 0.05) is 11.9 Å². The highest BCUT2D eigenvalue weighted by Gasteiger charge is 2.35. The molecule has 35 heavy (non-hydrogen) atoms. The van der Waals surface area contributed by atoms with Crippen LogP contribution in [0.3, 0.4) is 0 Å². The molecular weight excluding hydrogens is 457 g/mol. The summed E-state index contributed by atoms with van der Waals surface area (Å²) in [7, 11) is 0. The summed E-state index contributed by atoms with van der Waals surface area (Å²) in [5, 5.41) is 5.75. The van der Waals surface area contributed by atoms with E-state index in [0.717, 1.165) is 38.3 Å². The van der Waals surface area contributed by atoms with E-state index < -0.39 is 11.7 Å². The summed E-state index contributed by atoms with van der Waals surface area (Å²) < 4.78 is 52.5. The molecule has 188 valence electrons. The third-order valence-electron chi connectivity index (χ3n) is 5.07. The minimum Gasteiger partial charge on any atom is -0.494 e. The smallest absolute Gasteiger partial charge is 0.421 e. The molecule has 0 saturated carbocycles. The lowest BCUT2D eigenvalue weighted by Crippen LogP contribution is -2.13. The van der Waals surface area contributed by atoms with Gasteiger partial charge in [-0.05, 0) is 49.2 Å². The Morgan fingerprint density at radius 2 is 1.60 bits per heavy atom. The Bertz CT molecular complexity index is 1060. The molecule has 0 fully saturated rings. The first-order chi connectivity index (χ1) is 16.9. The summed E-state index contributed by atoms with van der Waals surface area (Å²) in [4.78, 5) is 7.99. The maximum Gasteiger partial charge on any atom is 0.421 e. The minimum absolute atomic E-state index is 0.0284. The Balaban J connectivity index is 1.79.